The van der Waals surface area contributed by atoms with Crippen molar-refractivity contribution in [1.82, 2.24) is 5.32 Å². The fourth-order valence-corrected chi connectivity index (χ4v) is 3.73. The largest absolute Gasteiger partial charge is 0.464 e. The smallest absolute Gasteiger partial charge is 0.319 e. The predicted octanol–water partition coefficient (Wildman–Crippen LogP) is 6.31. The van der Waals surface area contributed by atoms with Gasteiger partial charge in [0.05, 0.1) is 40.7 Å². The first-order valence-electron chi connectivity index (χ1n) is 14.4. The van der Waals surface area contributed by atoms with E-state index in [4.69, 9.17) is 13.8 Å². The van der Waals surface area contributed by atoms with E-state index in [1.54, 1.807) is 0 Å². The number of ether oxygens (including phenoxy) is 1. The molecule has 1 amide bonds. The third kappa shape index (κ3) is 33.3. The predicted molar refractivity (Wildman–Crippen MR) is 161 cm³/mol. The second-order valence-corrected chi connectivity index (χ2v) is 11.3. The van der Waals surface area contributed by atoms with Gasteiger partial charge in [0.1, 0.15) is 19.8 Å². The molecule has 228 valence electrons. The third-order valence-electron chi connectivity index (χ3n) is 5.43. The van der Waals surface area contributed by atoms with Gasteiger partial charge in [-0.05, 0) is 44.9 Å². The van der Waals surface area contributed by atoms with Crippen LogP contribution in [-0.4, -0.2) is 70.4 Å². The van der Waals surface area contributed by atoms with Gasteiger partial charge in [0, 0.05) is 37.5 Å². The van der Waals surface area contributed by atoms with Crippen LogP contribution in [0.4, 0.5) is 0 Å². The molecule has 0 fully saturated rings. The maximum atomic E-state index is 11.9. The molecule has 10 heteroatoms. The standard InChI is InChI=1S/C30H53N2O6P.U/c1-5-6-7-8-9-10-11-12-13-14-15-16-17-18-19-20-21-22-29(33)31-24-27-36-30(34)23-26-37-39(35)38-28-25-32(2,3)4;/h9-10,12-13,15-16,18-19,39H,5-8,11,14,17,20-28H2,1-4H3;/p+1/b10-9-,13-12-,16-15-,19-18-;. The number of allylic oxidation sites excluding steroid dienone is 8. The molecule has 0 aromatic carbocycles. The Bertz CT molecular complexity index is 779. The van der Waals surface area contributed by atoms with Crippen LogP contribution in [0.15, 0.2) is 48.6 Å². The van der Waals surface area contributed by atoms with E-state index in [1.807, 2.05) is 21.1 Å². The Morgan fingerprint density at radius 2 is 1.30 bits per heavy atom. The molecule has 0 bridgehead atoms. The number of esters is 1. The van der Waals surface area contributed by atoms with Crippen molar-refractivity contribution in [3.63, 3.8) is 0 Å². The summed E-state index contributed by atoms with van der Waals surface area (Å²) in [6.07, 6.45) is 27.4. The topological polar surface area (TPSA) is 90.9 Å². The van der Waals surface area contributed by atoms with E-state index in [-0.39, 0.29) is 63.2 Å². The third-order valence-corrected chi connectivity index (χ3v) is 6.31. The van der Waals surface area contributed by atoms with Crippen molar-refractivity contribution in [2.75, 3.05) is 54.1 Å². The van der Waals surface area contributed by atoms with Crippen molar-refractivity contribution < 1.29 is 63.5 Å². The summed E-state index contributed by atoms with van der Waals surface area (Å²) in [5, 5.41) is 2.74. The van der Waals surface area contributed by atoms with E-state index in [0.29, 0.717) is 24.1 Å². The molecule has 0 aliphatic carbocycles. The Hall–Kier alpha value is -0.938. The van der Waals surface area contributed by atoms with Gasteiger partial charge >= 0.3 is 14.2 Å². The molecule has 8 nitrogen and oxygen atoms in total. The maximum Gasteiger partial charge on any atom is 0.319 e. The van der Waals surface area contributed by atoms with Crippen LogP contribution in [0, 0.1) is 31.1 Å². The van der Waals surface area contributed by atoms with Crippen molar-refractivity contribution >= 4 is 20.1 Å². The van der Waals surface area contributed by atoms with E-state index in [0.717, 1.165) is 32.1 Å². The van der Waals surface area contributed by atoms with Crippen LogP contribution in [0.5, 0.6) is 0 Å². The molecule has 0 aromatic rings. The van der Waals surface area contributed by atoms with Crippen LogP contribution in [0.25, 0.3) is 0 Å². The van der Waals surface area contributed by atoms with E-state index in [1.165, 1.54) is 25.7 Å². The molecule has 0 radical (unpaired) electrons. The van der Waals surface area contributed by atoms with Crippen molar-refractivity contribution in [2.45, 2.75) is 77.6 Å². The minimum absolute atomic E-state index is 0. The zero-order valence-corrected chi connectivity index (χ0v) is 30.5. The molecule has 1 N–H and O–H groups in total. The van der Waals surface area contributed by atoms with Gasteiger partial charge in [0.15, 0.2) is 0 Å². The minimum Gasteiger partial charge on any atom is -0.464 e. The van der Waals surface area contributed by atoms with Crippen LogP contribution >= 0.6 is 8.25 Å². The Kier molecular flexibility index (Phi) is 30.4. The molecule has 0 spiro atoms. The van der Waals surface area contributed by atoms with Crippen molar-refractivity contribution in [3.8, 4) is 0 Å². The number of unbranched alkanes of at least 4 members (excludes halogenated alkanes) is 4. The molecule has 0 saturated heterocycles. The summed E-state index contributed by atoms with van der Waals surface area (Å²) in [5.41, 5.74) is 0. The molecule has 0 aliphatic heterocycles. The average Bonchev–Trinajstić information content (AvgIpc) is 2.87. The van der Waals surface area contributed by atoms with Crippen molar-refractivity contribution in [1.29, 1.82) is 0 Å². The van der Waals surface area contributed by atoms with E-state index < -0.39 is 14.2 Å². The first-order valence-corrected chi connectivity index (χ1v) is 15.6. The number of hydrogen-bond donors (Lipinski definition) is 1. The molecule has 40 heavy (non-hydrogen) atoms. The van der Waals surface area contributed by atoms with Crippen LogP contribution in [-0.2, 0) is 27.9 Å². The fourth-order valence-electron chi connectivity index (χ4n) is 3.12. The summed E-state index contributed by atoms with van der Waals surface area (Å²) in [4.78, 5) is 23.6. The van der Waals surface area contributed by atoms with Gasteiger partial charge in [0.25, 0.3) is 0 Å². The SMILES string of the molecule is CCCCC/C=C\C/C=C\C/C=C\C/C=C\CCCC(=O)NCCOC(=O)CCO[PH](=O)OCC[N+](C)(C)C.[U]. The van der Waals surface area contributed by atoms with Gasteiger partial charge in [-0.1, -0.05) is 68.4 Å². The maximum absolute atomic E-state index is 11.9. The minimum atomic E-state index is -2.61. The number of amides is 1. The summed E-state index contributed by atoms with van der Waals surface area (Å²) in [5.74, 6) is -0.527. The summed E-state index contributed by atoms with van der Waals surface area (Å²) in [6.45, 7) is 3.60. The van der Waals surface area contributed by atoms with E-state index in [2.05, 4.69) is 60.8 Å². The molecule has 0 heterocycles. The number of carbonyl (C=O) groups excluding carboxylic acids is 2. The Morgan fingerprint density at radius 3 is 1.88 bits per heavy atom. The summed E-state index contributed by atoms with van der Waals surface area (Å²) in [6, 6.07) is 0. The van der Waals surface area contributed by atoms with Gasteiger partial charge in [-0.2, -0.15) is 0 Å². The number of quaternary nitrogens is 1. The number of nitrogens with one attached hydrogen (secondary N) is 1. The molecular weight excluding hydrogens is 753 g/mol. The van der Waals surface area contributed by atoms with Crippen molar-refractivity contribution in [2.24, 2.45) is 0 Å². The molecule has 1 atom stereocenters. The van der Waals surface area contributed by atoms with Crippen LogP contribution in [0.1, 0.15) is 77.6 Å². The molecule has 0 rings (SSSR count). The summed E-state index contributed by atoms with van der Waals surface area (Å²) in [7, 11) is 3.42. The second-order valence-electron chi connectivity index (χ2n) is 10.3. The van der Waals surface area contributed by atoms with Crippen LogP contribution < -0.4 is 5.32 Å². The first-order chi connectivity index (χ1) is 18.7. The van der Waals surface area contributed by atoms with Gasteiger partial charge in [-0.25, -0.2) is 0 Å². The van der Waals surface area contributed by atoms with Gasteiger partial charge in [0.2, 0.25) is 5.91 Å². The van der Waals surface area contributed by atoms with Gasteiger partial charge < -0.3 is 23.6 Å². The Morgan fingerprint density at radius 1 is 0.750 bits per heavy atom. The molecule has 0 aromatic heterocycles. The summed E-state index contributed by atoms with van der Waals surface area (Å²) >= 11 is 0. The molecule has 0 aliphatic rings. The number of rotatable bonds is 25. The Labute approximate surface area is 268 Å². The van der Waals surface area contributed by atoms with Crippen LogP contribution in [0.3, 0.4) is 0 Å². The van der Waals surface area contributed by atoms with E-state index >= 15 is 0 Å². The molecule has 1 unspecified atom stereocenters. The monoisotopic (exact) mass is 807 g/mol. The van der Waals surface area contributed by atoms with Crippen LogP contribution in [0.2, 0.25) is 0 Å². The summed E-state index contributed by atoms with van der Waals surface area (Å²) < 4.78 is 27.5. The Balaban J connectivity index is 0. The normalized spacial score (nSPS) is 12.9. The first kappa shape index (κ1) is 41.2. The quantitative estimate of drug-likeness (QED) is 0.0383. The molecular formula is C30H54N2O6PU+. The van der Waals surface area contributed by atoms with E-state index in [9.17, 15) is 14.2 Å². The molecule has 0 saturated carbocycles. The second kappa shape index (κ2) is 29.6. The number of hydrogen-bond acceptors (Lipinski definition) is 6. The van der Waals surface area contributed by atoms with Crippen molar-refractivity contribution in [3.05, 3.63) is 48.6 Å². The zero-order chi connectivity index (χ0) is 29.0. The number of likely N-dealkylation sites (N-methyl/N-ethyl adjacent to an activating group) is 1. The number of nitrogens with zero attached hydrogens (tertiary/aromatic N) is 1. The fraction of sp³-hybridized carbons (Fsp3) is 0.667. The average molecular weight is 808 g/mol. The zero-order valence-electron chi connectivity index (χ0n) is 25.3. The van der Waals surface area contributed by atoms with Gasteiger partial charge in [-0.3, -0.25) is 14.2 Å². The van der Waals surface area contributed by atoms with Gasteiger partial charge in [-0.15, -0.1) is 0 Å². The number of carbonyl (C=O) groups is 2.